The maximum atomic E-state index is 6.01. The van der Waals surface area contributed by atoms with Gasteiger partial charge in [0.25, 0.3) is 0 Å². The zero-order valence-corrected chi connectivity index (χ0v) is 16.2. The van der Waals surface area contributed by atoms with E-state index in [2.05, 4.69) is 10.3 Å². The number of fused-ring (bicyclic) bond motifs is 3. The van der Waals surface area contributed by atoms with E-state index in [9.17, 15) is 0 Å². The van der Waals surface area contributed by atoms with Crippen LogP contribution in [0.15, 0.2) is 24.5 Å². The molecule has 1 fully saturated rings. The van der Waals surface area contributed by atoms with Crippen LogP contribution in [-0.2, 0) is 17.6 Å². The summed E-state index contributed by atoms with van der Waals surface area (Å²) in [5, 5.41) is 4.77. The molecule has 0 atom stereocenters. The predicted octanol–water partition coefficient (Wildman–Crippen LogP) is 4.61. The highest BCUT2D eigenvalue weighted by atomic mass is 32.1. The maximum Gasteiger partial charge on any atom is 0.164 e. The Morgan fingerprint density at radius 3 is 2.93 bits per heavy atom. The molecule has 0 bridgehead atoms. The Kier molecular flexibility index (Phi) is 4.76. The molecule has 3 aromatic heterocycles. The molecule has 2 aliphatic rings. The Bertz CT molecular complexity index is 934. The standard InChI is InChI=1S/C21H24N4OS/c1-2-7-15(6-1)26-12-11-23-20-18-16-8-3-9-17(16)27-21(18)25-19(24-20)14-5-4-10-22-13-14/h4-5,10,13,15H,1-3,6-9,11-12H2,(H,23,24,25). The molecule has 3 aromatic rings. The van der Waals surface area contributed by atoms with Crippen LogP contribution in [0.4, 0.5) is 5.82 Å². The first-order valence-corrected chi connectivity index (χ1v) is 10.8. The number of hydrogen-bond donors (Lipinski definition) is 1. The Morgan fingerprint density at radius 2 is 2.07 bits per heavy atom. The van der Waals surface area contributed by atoms with Crippen LogP contribution in [0.3, 0.4) is 0 Å². The lowest BCUT2D eigenvalue weighted by molar-refractivity contribution is 0.0659. The van der Waals surface area contributed by atoms with Gasteiger partial charge in [-0.25, -0.2) is 9.97 Å². The molecular weight excluding hydrogens is 356 g/mol. The third kappa shape index (κ3) is 3.44. The van der Waals surface area contributed by atoms with Crippen molar-refractivity contribution in [3.05, 3.63) is 35.0 Å². The molecular formula is C21H24N4OS. The second-order valence-electron chi connectivity index (χ2n) is 7.38. The fraction of sp³-hybridized carbons (Fsp3) is 0.476. The van der Waals surface area contributed by atoms with Crippen LogP contribution in [0.1, 0.15) is 42.5 Å². The lowest BCUT2D eigenvalue weighted by Crippen LogP contribution is -2.16. The Labute approximate surface area is 163 Å². The molecule has 0 radical (unpaired) electrons. The zero-order valence-electron chi connectivity index (χ0n) is 15.4. The van der Waals surface area contributed by atoms with E-state index in [1.807, 2.05) is 29.7 Å². The zero-order chi connectivity index (χ0) is 18.1. The van der Waals surface area contributed by atoms with Crippen LogP contribution in [0.25, 0.3) is 21.6 Å². The fourth-order valence-corrected chi connectivity index (χ4v) is 5.46. The van der Waals surface area contributed by atoms with Crippen molar-refractivity contribution in [2.24, 2.45) is 0 Å². The minimum atomic E-state index is 0.452. The summed E-state index contributed by atoms with van der Waals surface area (Å²) in [6.45, 7) is 1.50. The molecule has 1 saturated carbocycles. The van der Waals surface area contributed by atoms with Gasteiger partial charge in [0, 0.05) is 29.4 Å². The molecule has 0 spiro atoms. The highest BCUT2D eigenvalue weighted by molar-refractivity contribution is 7.19. The number of aromatic nitrogens is 3. The molecule has 5 rings (SSSR count). The fourth-order valence-electron chi connectivity index (χ4n) is 4.20. The minimum absolute atomic E-state index is 0.452. The lowest BCUT2D eigenvalue weighted by atomic mass is 10.2. The first kappa shape index (κ1) is 17.1. The first-order chi connectivity index (χ1) is 13.4. The topological polar surface area (TPSA) is 59.9 Å². The van der Waals surface area contributed by atoms with Gasteiger partial charge in [0.15, 0.2) is 5.82 Å². The SMILES string of the molecule is c1cncc(-c2nc(NCCOC3CCCC3)c3c4c(sc3n2)CCC4)c1. The highest BCUT2D eigenvalue weighted by Crippen LogP contribution is 2.40. The maximum absolute atomic E-state index is 6.01. The van der Waals surface area contributed by atoms with Gasteiger partial charge in [0.2, 0.25) is 0 Å². The molecule has 2 aliphatic carbocycles. The van der Waals surface area contributed by atoms with Crippen molar-refractivity contribution in [3.63, 3.8) is 0 Å². The Hall–Kier alpha value is -2.05. The Balaban J connectivity index is 1.43. The van der Waals surface area contributed by atoms with Gasteiger partial charge in [-0.3, -0.25) is 4.98 Å². The van der Waals surface area contributed by atoms with Crippen molar-refractivity contribution in [2.45, 2.75) is 51.0 Å². The molecule has 0 saturated heterocycles. The van der Waals surface area contributed by atoms with E-state index in [1.54, 1.807) is 6.20 Å². The second kappa shape index (κ2) is 7.52. The largest absolute Gasteiger partial charge is 0.376 e. The minimum Gasteiger partial charge on any atom is -0.376 e. The van der Waals surface area contributed by atoms with Crippen molar-refractivity contribution in [1.29, 1.82) is 0 Å². The van der Waals surface area contributed by atoms with Crippen molar-refractivity contribution >= 4 is 27.4 Å². The quantitative estimate of drug-likeness (QED) is 0.633. The number of nitrogens with one attached hydrogen (secondary N) is 1. The van der Waals surface area contributed by atoms with Crippen LogP contribution in [0.5, 0.6) is 0 Å². The van der Waals surface area contributed by atoms with Gasteiger partial charge in [-0.15, -0.1) is 11.3 Å². The van der Waals surface area contributed by atoms with Gasteiger partial charge >= 0.3 is 0 Å². The molecule has 0 aromatic carbocycles. The van der Waals surface area contributed by atoms with Crippen LogP contribution >= 0.6 is 11.3 Å². The third-order valence-electron chi connectivity index (χ3n) is 5.53. The van der Waals surface area contributed by atoms with Gasteiger partial charge in [0.05, 0.1) is 18.1 Å². The highest BCUT2D eigenvalue weighted by Gasteiger charge is 2.23. The van der Waals surface area contributed by atoms with Gasteiger partial charge in [0.1, 0.15) is 10.6 Å². The number of hydrogen-bond acceptors (Lipinski definition) is 6. The average molecular weight is 381 g/mol. The summed E-state index contributed by atoms with van der Waals surface area (Å²) in [4.78, 5) is 16.5. The second-order valence-corrected chi connectivity index (χ2v) is 8.46. The number of pyridine rings is 1. The number of rotatable bonds is 6. The molecule has 27 heavy (non-hydrogen) atoms. The molecule has 0 unspecified atom stereocenters. The smallest absolute Gasteiger partial charge is 0.164 e. The summed E-state index contributed by atoms with van der Waals surface area (Å²) in [7, 11) is 0. The molecule has 1 N–H and O–H groups in total. The number of anilines is 1. The summed E-state index contributed by atoms with van der Waals surface area (Å²) in [6.07, 6.45) is 12.6. The van der Waals surface area contributed by atoms with Crippen molar-refractivity contribution in [3.8, 4) is 11.4 Å². The van der Waals surface area contributed by atoms with Gasteiger partial charge in [-0.1, -0.05) is 12.8 Å². The normalized spacial score (nSPS) is 16.9. The van der Waals surface area contributed by atoms with E-state index in [-0.39, 0.29) is 0 Å². The average Bonchev–Trinajstić information content (AvgIpc) is 3.43. The van der Waals surface area contributed by atoms with Crippen molar-refractivity contribution in [1.82, 2.24) is 15.0 Å². The van der Waals surface area contributed by atoms with E-state index < -0.39 is 0 Å². The number of ether oxygens (including phenoxy) is 1. The summed E-state index contributed by atoms with van der Waals surface area (Å²) in [5.41, 5.74) is 2.41. The summed E-state index contributed by atoms with van der Waals surface area (Å²) in [5.74, 6) is 1.70. The van der Waals surface area contributed by atoms with Crippen molar-refractivity contribution in [2.75, 3.05) is 18.5 Å². The van der Waals surface area contributed by atoms with Crippen LogP contribution < -0.4 is 5.32 Å². The third-order valence-corrected chi connectivity index (χ3v) is 6.72. The Morgan fingerprint density at radius 1 is 1.15 bits per heavy atom. The van der Waals surface area contributed by atoms with Crippen LogP contribution in [0.2, 0.25) is 0 Å². The molecule has 3 heterocycles. The lowest BCUT2D eigenvalue weighted by Gasteiger charge is -2.13. The van der Waals surface area contributed by atoms with E-state index in [0.717, 1.165) is 41.6 Å². The predicted molar refractivity (Wildman–Crippen MR) is 109 cm³/mol. The summed E-state index contributed by atoms with van der Waals surface area (Å²) >= 11 is 1.83. The van der Waals surface area contributed by atoms with E-state index in [0.29, 0.717) is 6.10 Å². The number of thiophene rings is 1. The van der Waals surface area contributed by atoms with E-state index >= 15 is 0 Å². The van der Waals surface area contributed by atoms with Crippen molar-refractivity contribution < 1.29 is 4.74 Å². The summed E-state index contributed by atoms with van der Waals surface area (Å²) in [6, 6.07) is 3.95. The van der Waals surface area contributed by atoms with Gasteiger partial charge in [-0.05, 0) is 49.8 Å². The first-order valence-electron chi connectivity index (χ1n) is 9.96. The summed E-state index contributed by atoms with van der Waals surface area (Å²) < 4.78 is 6.01. The monoisotopic (exact) mass is 380 g/mol. The number of aryl methyl sites for hydroxylation is 2. The van der Waals surface area contributed by atoms with Gasteiger partial charge in [-0.2, -0.15) is 0 Å². The van der Waals surface area contributed by atoms with Crippen LogP contribution in [-0.4, -0.2) is 34.2 Å². The van der Waals surface area contributed by atoms with E-state index in [4.69, 9.17) is 14.7 Å². The van der Waals surface area contributed by atoms with Crippen LogP contribution in [0, 0.1) is 0 Å². The van der Waals surface area contributed by atoms with E-state index in [1.165, 1.54) is 54.4 Å². The molecule has 5 nitrogen and oxygen atoms in total. The molecule has 6 heteroatoms. The van der Waals surface area contributed by atoms with Gasteiger partial charge < -0.3 is 10.1 Å². The molecule has 0 amide bonds. The number of nitrogens with zero attached hydrogens (tertiary/aromatic N) is 3. The molecule has 0 aliphatic heterocycles. The molecule has 140 valence electrons.